The van der Waals surface area contributed by atoms with Crippen molar-refractivity contribution in [1.29, 1.82) is 0 Å². The van der Waals surface area contributed by atoms with Crippen LogP contribution in [0.2, 0.25) is 10.0 Å². The minimum Gasteiger partial charge on any atom is -0.487 e. The summed E-state index contributed by atoms with van der Waals surface area (Å²) in [6.45, 7) is 0.0720. The van der Waals surface area contributed by atoms with E-state index in [1.54, 1.807) is 30.3 Å². The topological polar surface area (TPSA) is 9.23 Å². The third-order valence-electron chi connectivity index (χ3n) is 2.31. The summed E-state index contributed by atoms with van der Waals surface area (Å²) in [7, 11) is 0. The van der Waals surface area contributed by atoms with E-state index < -0.39 is 5.82 Å². The van der Waals surface area contributed by atoms with E-state index in [0.29, 0.717) is 16.3 Å². The van der Waals surface area contributed by atoms with Gasteiger partial charge in [-0.3, -0.25) is 0 Å². The molecule has 5 heteroatoms. The molecule has 94 valence electrons. The van der Waals surface area contributed by atoms with E-state index in [9.17, 15) is 4.39 Å². The zero-order valence-electron chi connectivity index (χ0n) is 9.09. The molecule has 18 heavy (non-hydrogen) atoms. The van der Waals surface area contributed by atoms with Gasteiger partial charge in [-0.1, -0.05) is 51.3 Å². The summed E-state index contributed by atoms with van der Waals surface area (Å²) in [6.07, 6.45) is 0. The molecule has 0 atom stereocenters. The summed E-state index contributed by atoms with van der Waals surface area (Å²) in [6, 6.07) is 10.0. The molecule has 0 saturated carbocycles. The molecule has 0 amide bonds. The molecule has 0 heterocycles. The first-order valence-electron chi connectivity index (χ1n) is 5.08. The van der Waals surface area contributed by atoms with Gasteiger partial charge >= 0.3 is 0 Å². The van der Waals surface area contributed by atoms with Gasteiger partial charge < -0.3 is 4.74 Å². The fourth-order valence-electron chi connectivity index (χ4n) is 1.40. The lowest BCUT2D eigenvalue weighted by Gasteiger charge is -2.09. The second-order valence-electron chi connectivity index (χ2n) is 3.58. The highest BCUT2D eigenvalue weighted by Gasteiger charge is 2.08. The van der Waals surface area contributed by atoms with E-state index in [1.807, 2.05) is 0 Å². The fourth-order valence-corrected chi connectivity index (χ4v) is 2.11. The Morgan fingerprint density at radius 2 is 1.89 bits per heavy atom. The highest BCUT2D eigenvalue weighted by atomic mass is 79.9. The minimum absolute atomic E-state index is 0.0720. The Morgan fingerprint density at radius 3 is 2.67 bits per heavy atom. The van der Waals surface area contributed by atoms with Crippen LogP contribution in [0.4, 0.5) is 4.39 Å². The van der Waals surface area contributed by atoms with Crippen molar-refractivity contribution in [3.63, 3.8) is 0 Å². The Kier molecular flexibility index (Phi) is 4.49. The third-order valence-corrected chi connectivity index (χ3v) is 3.41. The Labute approximate surface area is 123 Å². The number of benzene rings is 2. The molecular formula is C13H8BrCl2FO. The second-order valence-corrected chi connectivity index (χ2v) is 5.31. The molecule has 2 aromatic carbocycles. The molecular weight excluding hydrogens is 342 g/mol. The molecule has 0 aliphatic rings. The van der Waals surface area contributed by atoms with Gasteiger partial charge in [0.15, 0.2) is 0 Å². The van der Waals surface area contributed by atoms with Crippen LogP contribution < -0.4 is 4.74 Å². The van der Waals surface area contributed by atoms with Crippen LogP contribution in [0.25, 0.3) is 0 Å². The summed E-state index contributed by atoms with van der Waals surface area (Å²) in [5.41, 5.74) is 0.388. The van der Waals surface area contributed by atoms with E-state index in [1.165, 1.54) is 6.07 Å². The van der Waals surface area contributed by atoms with Crippen molar-refractivity contribution >= 4 is 39.1 Å². The lowest BCUT2D eigenvalue weighted by molar-refractivity contribution is 0.300. The van der Waals surface area contributed by atoms with Gasteiger partial charge in [-0.2, -0.15) is 0 Å². The van der Waals surface area contributed by atoms with Crippen LogP contribution in [0.1, 0.15) is 5.56 Å². The van der Waals surface area contributed by atoms with Crippen LogP contribution in [-0.4, -0.2) is 0 Å². The number of halogens is 4. The zero-order valence-corrected chi connectivity index (χ0v) is 12.2. The van der Waals surface area contributed by atoms with E-state index in [4.69, 9.17) is 27.9 Å². The van der Waals surface area contributed by atoms with Gasteiger partial charge in [0, 0.05) is 10.0 Å². The maximum Gasteiger partial charge on any atom is 0.148 e. The minimum atomic E-state index is -0.467. The molecule has 0 spiro atoms. The first kappa shape index (κ1) is 13.7. The molecule has 0 aliphatic heterocycles. The van der Waals surface area contributed by atoms with Gasteiger partial charge in [-0.25, -0.2) is 4.39 Å². The molecule has 0 aliphatic carbocycles. The van der Waals surface area contributed by atoms with Crippen molar-refractivity contribution < 1.29 is 9.13 Å². The van der Waals surface area contributed by atoms with Crippen LogP contribution in [-0.2, 0) is 6.61 Å². The normalized spacial score (nSPS) is 10.4. The molecule has 0 bridgehead atoms. The van der Waals surface area contributed by atoms with Crippen molar-refractivity contribution in [1.82, 2.24) is 0 Å². The Hall–Kier alpha value is -0.770. The molecule has 0 saturated heterocycles. The molecule has 0 aromatic heterocycles. The molecule has 1 nitrogen and oxygen atoms in total. The van der Waals surface area contributed by atoms with Gasteiger partial charge in [0.25, 0.3) is 0 Å². The highest BCUT2D eigenvalue weighted by molar-refractivity contribution is 9.10. The van der Waals surface area contributed by atoms with Crippen LogP contribution in [0.15, 0.2) is 40.9 Å². The zero-order chi connectivity index (χ0) is 13.1. The number of ether oxygens (including phenoxy) is 1. The number of hydrogen-bond acceptors (Lipinski definition) is 1. The van der Waals surface area contributed by atoms with Crippen molar-refractivity contribution in [2.75, 3.05) is 0 Å². The smallest absolute Gasteiger partial charge is 0.148 e. The first-order chi connectivity index (χ1) is 8.58. The summed E-state index contributed by atoms with van der Waals surface area (Å²) < 4.78 is 20.0. The Bertz CT molecular complexity index is 573. The van der Waals surface area contributed by atoms with Gasteiger partial charge in [-0.15, -0.1) is 0 Å². The van der Waals surface area contributed by atoms with Crippen molar-refractivity contribution in [2.45, 2.75) is 6.61 Å². The largest absolute Gasteiger partial charge is 0.487 e. The maximum absolute atomic E-state index is 13.6. The van der Waals surface area contributed by atoms with Crippen molar-refractivity contribution in [3.8, 4) is 5.75 Å². The van der Waals surface area contributed by atoms with E-state index >= 15 is 0 Å². The molecule has 0 radical (unpaired) electrons. The quantitative estimate of drug-likeness (QED) is 0.713. The van der Waals surface area contributed by atoms with E-state index in [2.05, 4.69) is 15.9 Å². The Morgan fingerprint density at radius 1 is 1.11 bits per heavy atom. The monoisotopic (exact) mass is 348 g/mol. The summed E-state index contributed by atoms with van der Waals surface area (Å²) in [4.78, 5) is 0. The van der Waals surface area contributed by atoms with Gasteiger partial charge in [0.05, 0.1) is 10.0 Å². The predicted molar refractivity (Wildman–Crippen MR) is 74.9 cm³/mol. The average molecular weight is 350 g/mol. The number of hydrogen-bond donors (Lipinski definition) is 0. The fraction of sp³-hybridized carbons (Fsp3) is 0.0769. The lowest BCUT2D eigenvalue weighted by atomic mass is 10.2. The lowest BCUT2D eigenvalue weighted by Crippen LogP contribution is -1.99. The standard InChI is InChI=1S/C13H8BrCl2FO/c14-9-4-5-10(15)12(6-9)18-7-8-2-1-3-11(16)13(8)17/h1-6H,7H2. The van der Waals surface area contributed by atoms with Gasteiger partial charge in [-0.05, 0) is 24.3 Å². The molecule has 0 fully saturated rings. The van der Waals surface area contributed by atoms with E-state index in [-0.39, 0.29) is 11.6 Å². The predicted octanol–water partition coefficient (Wildman–Crippen LogP) is 5.47. The summed E-state index contributed by atoms with van der Waals surface area (Å²) >= 11 is 15.0. The maximum atomic E-state index is 13.6. The first-order valence-corrected chi connectivity index (χ1v) is 6.63. The summed E-state index contributed by atoms with van der Waals surface area (Å²) in [5, 5.41) is 0.553. The SMILES string of the molecule is Fc1c(Cl)cccc1COc1cc(Br)ccc1Cl. The van der Waals surface area contributed by atoms with Crippen LogP contribution in [0, 0.1) is 5.82 Å². The van der Waals surface area contributed by atoms with Crippen molar-refractivity contribution in [2.24, 2.45) is 0 Å². The molecule has 2 rings (SSSR count). The highest BCUT2D eigenvalue weighted by Crippen LogP contribution is 2.29. The number of rotatable bonds is 3. The molecule has 0 N–H and O–H groups in total. The second kappa shape index (κ2) is 5.91. The van der Waals surface area contributed by atoms with Gasteiger partial charge in [0.1, 0.15) is 18.2 Å². The Balaban J connectivity index is 2.16. The van der Waals surface area contributed by atoms with E-state index in [0.717, 1.165) is 4.47 Å². The molecule has 2 aromatic rings. The third kappa shape index (κ3) is 3.16. The molecule has 0 unspecified atom stereocenters. The van der Waals surface area contributed by atoms with Gasteiger partial charge in [0.2, 0.25) is 0 Å². The van der Waals surface area contributed by atoms with Crippen molar-refractivity contribution in [3.05, 3.63) is 62.3 Å². The average Bonchev–Trinajstić information content (AvgIpc) is 2.35. The van der Waals surface area contributed by atoms with Crippen LogP contribution >= 0.6 is 39.1 Å². The summed E-state index contributed by atoms with van der Waals surface area (Å²) in [5.74, 6) is 0.0238. The van der Waals surface area contributed by atoms with Crippen LogP contribution in [0.5, 0.6) is 5.75 Å². The van der Waals surface area contributed by atoms with Crippen LogP contribution in [0.3, 0.4) is 0 Å².